The molecule has 0 radical (unpaired) electrons. The summed E-state index contributed by atoms with van der Waals surface area (Å²) in [6, 6.07) is 16.7. The van der Waals surface area contributed by atoms with E-state index in [1.54, 1.807) is 24.3 Å². The third kappa shape index (κ3) is 4.83. The fourth-order valence-electron chi connectivity index (χ4n) is 4.07. The smallest absolute Gasteiger partial charge is 0.257 e. The fraction of sp³-hybridized carbons (Fsp3) is 0.250. The monoisotopic (exact) mass is 420 g/mol. The number of carbonyl (C=O) groups excluding carboxylic acids is 2. The lowest BCUT2D eigenvalue weighted by Crippen LogP contribution is -2.34. The summed E-state index contributed by atoms with van der Waals surface area (Å²) < 4.78 is 15.2. The van der Waals surface area contributed by atoms with Crippen molar-refractivity contribution in [3.8, 4) is 0 Å². The maximum Gasteiger partial charge on any atom is 0.257 e. The Morgan fingerprint density at radius 2 is 1.81 bits per heavy atom. The summed E-state index contributed by atoms with van der Waals surface area (Å²) in [7, 11) is 2.02. The van der Waals surface area contributed by atoms with Gasteiger partial charge in [0.05, 0.1) is 23.8 Å². The van der Waals surface area contributed by atoms with E-state index in [4.69, 9.17) is 0 Å². The van der Waals surface area contributed by atoms with Gasteiger partial charge in [-0.05, 0) is 67.9 Å². The first-order valence-corrected chi connectivity index (χ1v) is 10.3. The number of benzene rings is 2. The summed E-state index contributed by atoms with van der Waals surface area (Å²) in [4.78, 5) is 27.7. The zero-order valence-electron chi connectivity index (χ0n) is 17.3. The van der Waals surface area contributed by atoms with E-state index in [0.29, 0.717) is 16.9 Å². The van der Waals surface area contributed by atoms with Crippen LogP contribution in [0, 0.1) is 5.82 Å². The lowest BCUT2D eigenvalue weighted by molar-refractivity contribution is -0.117. The molecule has 6 nitrogen and oxygen atoms in total. The van der Waals surface area contributed by atoms with Crippen LogP contribution in [0.5, 0.6) is 0 Å². The van der Waals surface area contributed by atoms with Crippen molar-refractivity contribution in [3.63, 3.8) is 0 Å². The number of rotatable bonds is 6. The van der Waals surface area contributed by atoms with Crippen molar-refractivity contribution in [2.24, 2.45) is 7.05 Å². The summed E-state index contributed by atoms with van der Waals surface area (Å²) in [5.41, 5.74) is 2.47. The molecule has 7 heteroatoms. The number of nitrogens with one attached hydrogen (secondary N) is 2. The molecule has 0 aliphatic carbocycles. The molecule has 2 heterocycles. The molecule has 0 saturated carbocycles. The van der Waals surface area contributed by atoms with E-state index in [9.17, 15) is 14.0 Å². The summed E-state index contributed by atoms with van der Waals surface area (Å²) in [5.74, 6) is -0.908. The summed E-state index contributed by atoms with van der Waals surface area (Å²) in [6.07, 6.45) is 4.07. The minimum atomic E-state index is -0.374. The number of aromatic nitrogens is 1. The minimum absolute atomic E-state index is 0.164. The number of nitrogens with zero attached hydrogens (tertiary/aromatic N) is 2. The average Bonchev–Trinajstić information content (AvgIpc) is 3.38. The van der Waals surface area contributed by atoms with E-state index in [1.165, 1.54) is 30.0 Å². The Balaban J connectivity index is 1.43. The van der Waals surface area contributed by atoms with Crippen LogP contribution in [0.3, 0.4) is 0 Å². The molecule has 2 aromatic carbocycles. The number of anilines is 2. The van der Waals surface area contributed by atoms with Gasteiger partial charge in [-0.15, -0.1) is 0 Å². The van der Waals surface area contributed by atoms with Crippen LogP contribution in [0.4, 0.5) is 15.8 Å². The lowest BCUT2D eigenvalue weighted by atomic mass is 10.1. The van der Waals surface area contributed by atoms with Crippen LogP contribution in [0.2, 0.25) is 0 Å². The highest BCUT2D eigenvalue weighted by Crippen LogP contribution is 2.31. The molecule has 1 aromatic heterocycles. The Morgan fingerprint density at radius 3 is 2.55 bits per heavy atom. The Hall–Kier alpha value is -3.45. The lowest BCUT2D eigenvalue weighted by Gasteiger charge is -2.24. The van der Waals surface area contributed by atoms with E-state index >= 15 is 0 Å². The number of amides is 2. The molecule has 1 aliphatic heterocycles. The first kappa shape index (κ1) is 20.8. The second-order valence-electron chi connectivity index (χ2n) is 7.73. The summed E-state index contributed by atoms with van der Waals surface area (Å²) >= 11 is 0. The molecular formula is C24H25FN4O2. The molecule has 1 saturated heterocycles. The van der Waals surface area contributed by atoms with Gasteiger partial charge in [0, 0.05) is 24.6 Å². The van der Waals surface area contributed by atoms with E-state index in [2.05, 4.69) is 26.2 Å². The molecule has 4 rings (SSSR count). The molecule has 1 atom stereocenters. The first-order valence-electron chi connectivity index (χ1n) is 10.3. The number of para-hydroxylation sites is 1. The van der Waals surface area contributed by atoms with Crippen molar-refractivity contribution in [3.05, 3.63) is 83.9 Å². The molecule has 2 amide bonds. The third-order valence-electron chi connectivity index (χ3n) is 5.58. The molecular weight excluding hydrogens is 395 g/mol. The zero-order chi connectivity index (χ0) is 21.8. The maximum atomic E-state index is 13.1. The van der Waals surface area contributed by atoms with Gasteiger partial charge in [0.25, 0.3) is 5.91 Å². The SMILES string of the molecule is Cn1cccc1[C@@H]1CCCN1CC(=O)Nc1ccccc1C(=O)Nc1ccc(F)cc1. The van der Waals surface area contributed by atoms with Gasteiger partial charge in [-0.1, -0.05) is 12.1 Å². The van der Waals surface area contributed by atoms with Crippen LogP contribution in [0.15, 0.2) is 66.9 Å². The van der Waals surface area contributed by atoms with Gasteiger partial charge in [-0.3, -0.25) is 14.5 Å². The predicted octanol–water partition coefficient (Wildman–Crippen LogP) is 4.19. The van der Waals surface area contributed by atoms with Crippen molar-refractivity contribution in [2.45, 2.75) is 18.9 Å². The van der Waals surface area contributed by atoms with E-state index in [-0.39, 0.29) is 30.2 Å². The van der Waals surface area contributed by atoms with Crippen LogP contribution in [0.1, 0.15) is 34.9 Å². The second kappa shape index (κ2) is 9.14. The zero-order valence-corrected chi connectivity index (χ0v) is 17.3. The second-order valence-corrected chi connectivity index (χ2v) is 7.73. The Kier molecular flexibility index (Phi) is 6.13. The normalized spacial score (nSPS) is 16.3. The Bertz CT molecular complexity index is 1080. The molecule has 0 unspecified atom stereocenters. The molecule has 31 heavy (non-hydrogen) atoms. The summed E-state index contributed by atoms with van der Waals surface area (Å²) in [6.45, 7) is 1.11. The highest BCUT2D eigenvalue weighted by atomic mass is 19.1. The van der Waals surface area contributed by atoms with Crippen molar-refractivity contribution in [1.82, 2.24) is 9.47 Å². The Labute approximate surface area is 180 Å². The van der Waals surface area contributed by atoms with Gasteiger partial charge >= 0.3 is 0 Å². The van der Waals surface area contributed by atoms with Crippen LogP contribution in [0.25, 0.3) is 0 Å². The van der Waals surface area contributed by atoms with Crippen molar-refractivity contribution < 1.29 is 14.0 Å². The van der Waals surface area contributed by atoms with Crippen LogP contribution in [-0.4, -0.2) is 34.4 Å². The van der Waals surface area contributed by atoms with Crippen LogP contribution in [-0.2, 0) is 11.8 Å². The topological polar surface area (TPSA) is 66.4 Å². The van der Waals surface area contributed by atoms with Gasteiger partial charge < -0.3 is 15.2 Å². The predicted molar refractivity (Wildman–Crippen MR) is 118 cm³/mol. The number of carbonyl (C=O) groups is 2. The van der Waals surface area contributed by atoms with E-state index < -0.39 is 0 Å². The molecule has 1 fully saturated rings. The average molecular weight is 420 g/mol. The number of hydrogen-bond donors (Lipinski definition) is 2. The van der Waals surface area contributed by atoms with Crippen LogP contribution < -0.4 is 10.6 Å². The maximum absolute atomic E-state index is 13.1. The van der Waals surface area contributed by atoms with Crippen molar-refractivity contribution in [1.29, 1.82) is 0 Å². The molecule has 160 valence electrons. The minimum Gasteiger partial charge on any atom is -0.353 e. The van der Waals surface area contributed by atoms with Gasteiger partial charge in [0.15, 0.2) is 0 Å². The molecule has 0 bridgehead atoms. The molecule has 1 aliphatic rings. The van der Waals surface area contributed by atoms with Gasteiger partial charge in [-0.25, -0.2) is 4.39 Å². The van der Waals surface area contributed by atoms with Gasteiger partial charge in [0.1, 0.15) is 5.82 Å². The highest BCUT2D eigenvalue weighted by molar-refractivity contribution is 6.10. The van der Waals surface area contributed by atoms with Gasteiger partial charge in [-0.2, -0.15) is 0 Å². The standard InChI is InChI=1S/C24H25FN4O2/c1-28-14-4-8-21(28)22-9-5-15-29(22)16-23(30)27-20-7-3-2-6-19(20)24(31)26-18-12-10-17(25)11-13-18/h2-4,6-8,10-14,22H,5,9,15-16H2,1H3,(H,26,31)(H,27,30)/t22-/m0/s1. The highest BCUT2D eigenvalue weighted by Gasteiger charge is 2.29. The number of hydrogen-bond acceptors (Lipinski definition) is 3. The fourth-order valence-corrected chi connectivity index (χ4v) is 4.07. The molecule has 3 aromatic rings. The van der Waals surface area contributed by atoms with Crippen molar-refractivity contribution >= 4 is 23.2 Å². The largest absolute Gasteiger partial charge is 0.353 e. The summed E-state index contributed by atoms with van der Waals surface area (Å²) in [5, 5.41) is 5.62. The quantitative estimate of drug-likeness (QED) is 0.628. The third-order valence-corrected chi connectivity index (χ3v) is 5.58. The number of halogens is 1. The van der Waals surface area contributed by atoms with Crippen molar-refractivity contribution in [2.75, 3.05) is 23.7 Å². The Morgan fingerprint density at radius 1 is 1.03 bits per heavy atom. The van der Waals surface area contributed by atoms with Crippen LogP contribution >= 0.6 is 0 Å². The molecule has 2 N–H and O–H groups in total. The number of likely N-dealkylation sites (tertiary alicyclic amines) is 1. The molecule has 0 spiro atoms. The number of aryl methyl sites for hydroxylation is 1. The van der Waals surface area contributed by atoms with E-state index in [0.717, 1.165) is 19.4 Å². The van der Waals surface area contributed by atoms with Gasteiger partial charge in [0.2, 0.25) is 5.91 Å². The first-order chi connectivity index (χ1) is 15.0. The van der Waals surface area contributed by atoms with E-state index in [1.807, 2.05) is 19.3 Å².